The summed E-state index contributed by atoms with van der Waals surface area (Å²) >= 11 is 0. The Hall–Kier alpha value is -3.39. The Morgan fingerprint density at radius 2 is 1.62 bits per heavy atom. The highest BCUT2D eigenvalue weighted by Gasteiger charge is 2.43. The number of carbonyl (C=O) groups excluding carboxylic acids is 2. The molecule has 2 aromatic rings. The molecule has 1 saturated heterocycles. The average molecular weight is 465 g/mol. The highest BCUT2D eigenvalue weighted by Crippen LogP contribution is 2.44. The highest BCUT2D eigenvalue weighted by atomic mass is 16.5. The number of rotatable bonds is 8. The fourth-order valence-corrected chi connectivity index (χ4v) is 5.02. The normalized spacial score (nSPS) is 24.7. The summed E-state index contributed by atoms with van der Waals surface area (Å²) in [6.07, 6.45) is 0.485. The third-order valence-corrected chi connectivity index (χ3v) is 7.00. The smallest absolute Gasteiger partial charge is 0.407 e. The second kappa shape index (κ2) is 9.46. The number of carbonyl (C=O) groups is 3. The maximum absolute atomic E-state index is 12.3. The number of amides is 2. The van der Waals surface area contributed by atoms with Gasteiger partial charge in [-0.25, -0.2) is 4.79 Å². The summed E-state index contributed by atoms with van der Waals surface area (Å²) in [5.74, 6) is -1.37. The van der Waals surface area contributed by atoms with Gasteiger partial charge in [0.25, 0.3) is 0 Å². The first-order valence-corrected chi connectivity index (χ1v) is 11.8. The van der Waals surface area contributed by atoms with Crippen LogP contribution < -0.4 is 10.6 Å². The van der Waals surface area contributed by atoms with Crippen LogP contribution in [-0.4, -0.2) is 55.0 Å². The molecule has 4 atom stereocenters. The van der Waals surface area contributed by atoms with Gasteiger partial charge in [0, 0.05) is 19.0 Å². The lowest BCUT2D eigenvalue weighted by Crippen LogP contribution is -2.38. The van der Waals surface area contributed by atoms with Gasteiger partial charge in [0.05, 0.1) is 12.0 Å². The van der Waals surface area contributed by atoms with Crippen LogP contribution in [-0.2, 0) is 19.1 Å². The van der Waals surface area contributed by atoms with Crippen molar-refractivity contribution in [3.05, 3.63) is 59.7 Å². The van der Waals surface area contributed by atoms with Crippen LogP contribution in [0.25, 0.3) is 11.1 Å². The number of carboxylic acids is 1. The molecule has 8 nitrogen and oxygen atoms in total. The fourth-order valence-electron chi connectivity index (χ4n) is 5.02. The molecule has 34 heavy (non-hydrogen) atoms. The lowest BCUT2D eigenvalue weighted by Gasteiger charge is -2.16. The molecule has 0 bridgehead atoms. The summed E-state index contributed by atoms with van der Waals surface area (Å²) in [6.45, 7) is 0.872. The van der Waals surface area contributed by atoms with Gasteiger partial charge in [-0.3, -0.25) is 9.59 Å². The van der Waals surface area contributed by atoms with Crippen LogP contribution in [0.3, 0.4) is 0 Å². The van der Waals surface area contributed by atoms with E-state index in [2.05, 4.69) is 34.9 Å². The molecule has 1 heterocycles. The van der Waals surface area contributed by atoms with Crippen molar-refractivity contribution in [3.63, 3.8) is 0 Å². The van der Waals surface area contributed by atoms with Gasteiger partial charge in [0.2, 0.25) is 5.91 Å². The molecule has 0 radical (unpaired) electrons. The van der Waals surface area contributed by atoms with Crippen molar-refractivity contribution >= 4 is 18.0 Å². The first-order valence-electron chi connectivity index (χ1n) is 11.8. The summed E-state index contributed by atoms with van der Waals surface area (Å²) in [5, 5.41) is 14.5. The van der Waals surface area contributed by atoms with Crippen LogP contribution in [0, 0.1) is 11.8 Å². The zero-order valence-corrected chi connectivity index (χ0v) is 18.7. The molecule has 2 aliphatic carbocycles. The summed E-state index contributed by atoms with van der Waals surface area (Å²) in [5.41, 5.74) is 4.67. The molecule has 2 aromatic carbocycles. The topological polar surface area (TPSA) is 114 Å². The molecule has 1 aliphatic heterocycles. The standard InChI is InChI=1S/C26H28N2O6/c29-24(27-12-15-11-21(15)25(30)31)23-10-9-16(34-23)13-28-26(32)33-14-22-19-7-3-1-5-17(19)18-6-2-4-8-20(18)22/h1-8,15-16,21-23H,9-14H2,(H,27,29)(H,28,32)(H,30,31). The maximum atomic E-state index is 12.3. The predicted molar refractivity (Wildman–Crippen MR) is 123 cm³/mol. The Kier molecular flexibility index (Phi) is 6.24. The van der Waals surface area contributed by atoms with Crippen molar-refractivity contribution < 1.29 is 29.0 Å². The Bertz CT molecular complexity index is 1060. The van der Waals surface area contributed by atoms with E-state index in [0.29, 0.717) is 25.8 Å². The van der Waals surface area contributed by atoms with Gasteiger partial charge >= 0.3 is 12.1 Å². The molecular formula is C26H28N2O6. The molecule has 0 aromatic heterocycles. The summed E-state index contributed by atoms with van der Waals surface area (Å²) in [4.78, 5) is 35.5. The van der Waals surface area contributed by atoms with Crippen LogP contribution in [0.1, 0.15) is 36.3 Å². The number of nitrogens with one attached hydrogen (secondary N) is 2. The lowest BCUT2D eigenvalue weighted by molar-refractivity contribution is -0.139. The molecule has 3 N–H and O–H groups in total. The van der Waals surface area contributed by atoms with E-state index in [0.717, 1.165) is 11.1 Å². The summed E-state index contributed by atoms with van der Waals surface area (Å²) in [7, 11) is 0. The van der Waals surface area contributed by atoms with Crippen molar-refractivity contribution in [2.45, 2.75) is 37.4 Å². The summed E-state index contributed by atoms with van der Waals surface area (Å²) < 4.78 is 11.3. The highest BCUT2D eigenvalue weighted by molar-refractivity contribution is 5.81. The van der Waals surface area contributed by atoms with Crippen LogP contribution in [0.4, 0.5) is 4.79 Å². The Balaban J connectivity index is 1.05. The van der Waals surface area contributed by atoms with E-state index in [1.54, 1.807) is 0 Å². The number of aliphatic carboxylic acids is 1. The monoisotopic (exact) mass is 464 g/mol. The van der Waals surface area contributed by atoms with E-state index < -0.39 is 18.2 Å². The number of hydrogen-bond donors (Lipinski definition) is 3. The van der Waals surface area contributed by atoms with Crippen LogP contribution in [0.5, 0.6) is 0 Å². The molecule has 4 unspecified atom stereocenters. The van der Waals surface area contributed by atoms with E-state index in [4.69, 9.17) is 14.6 Å². The number of benzene rings is 2. The molecule has 1 saturated carbocycles. The molecule has 3 aliphatic rings. The maximum Gasteiger partial charge on any atom is 0.407 e. The van der Waals surface area contributed by atoms with E-state index in [-0.39, 0.29) is 42.9 Å². The van der Waals surface area contributed by atoms with Crippen molar-refractivity contribution in [2.24, 2.45) is 11.8 Å². The van der Waals surface area contributed by atoms with Gasteiger partial charge in [-0.05, 0) is 47.4 Å². The van der Waals surface area contributed by atoms with Crippen LogP contribution >= 0.6 is 0 Å². The van der Waals surface area contributed by atoms with Gasteiger partial charge in [-0.15, -0.1) is 0 Å². The molecule has 2 fully saturated rings. The Morgan fingerprint density at radius 3 is 2.26 bits per heavy atom. The van der Waals surface area contributed by atoms with Gasteiger partial charge in [-0.2, -0.15) is 0 Å². The van der Waals surface area contributed by atoms with E-state index in [1.165, 1.54) is 11.1 Å². The van der Waals surface area contributed by atoms with Crippen molar-refractivity contribution in [1.82, 2.24) is 10.6 Å². The SMILES string of the molecule is O=C(NCC1CCC(C(=O)NCC2CC2C(=O)O)O1)OCC1c2ccccc2-c2ccccc21. The lowest BCUT2D eigenvalue weighted by atomic mass is 9.98. The average Bonchev–Trinajstić information content (AvgIpc) is 3.36. The van der Waals surface area contributed by atoms with Crippen molar-refractivity contribution in [3.8, 4) is 11.1 Å². The minimum atomic E-state index is -0.810. The first kappa shape index (κ1) is 22.4. The molecule has 2 amide bonds. The molecule has 0 spiro atoms. The molecular weight excluding hydrogens is 436 g/mol. The van der Waals surface area contributed by atoms with Gasteiger partial charge in [0.15, 0.2) is 0 Å². The Morgan fingerprint density at radius 1 is 0.941 bits per heavy atom. The summed E-state index contributed by atoms with van der Waals surface area (Å²) in [6, 6.07) is 16.3. The van der Waals surface area contributed by atoms with Crippen LogP contribution in [0.15, 0.2) is 48.5 Å². The predicted octanol–water partition coefficient (Wildman–Crippen LogP) is 2.91. The van der Waals surface area contributed by atoms with E-state index in [9.17, 15) is 14.4 Å². The number of alkyl carbamates (subject to hydrolysis) is 1. The molecule has 178 valence electrons. The van der Waals surface area contributed by atoms with Gasteiger partial charge in [0.1, 0.15) is 12.7 Å². The second-order valence-electron chi connectivity index (χ2n) is 9.22. The van der Waals surface area contributed by atoms with E-state index in [1.807, 2.05) is 24.3 Å². The molecule has 5 rings (SSSR count). The third-order valence-electron chi connectivity index (χ3n) is 7.00. The minimum Gasteiger partial charge on any atom is -0.481 e. The second-order valence-corrected chi connectivity index (χ2v) is 9.22. The van der Waals surface area contributed by atoms with Crippen molar-refractivity contribution in [1.29, 1.82) is 0 Å². The zero-order valence-electron chi connectivity index (χ0n) is 18.7. The van der Waals surface area contributed by atoms with Crippen LogP contribution in [0.2, 0.25) is 0 Å². The number of ether oxygens (including phenoxy) is 2. The fraction of sp³-hybridized carbons (Fsp3) is 0.423. The largest absolute Gasteiger partial charge is 0.481 e. The first-order chi connectivity index (χ1) is 16.5. The number of hydrogen-bond acceptors (Lipinski definition) is 5. The van der Waals surface area contributed by atoms with E-state index >= 15 is 0 Å². The van der Waals surface area contributed by atoms with Gasteiger partial charge in [-0.1, -0.05) is 48.5 Å². The third kappa shape index (κ3) is 4.63. The van der Waals surface area contributed by atoms with Gasteiger partial charge < -0.3 is 25.2 Å². The number of carboxylic acid groups (broad SMARTS) is 1. The Labute approximate surface area is 197 Å². The number of fused-ring (bicyclic) bond motifs is 3. The molecule has 8 heteroatoms. The van der Waals surface area contributed by atoms with Crippen molar-refractivity contribution in [2.75, 3.05) is 19.7 Å². The zero-order chi connectivity index (χ0) is 23.7. The quantitative estimate of drug-likeness (QED) is 0.554. The minimum absolute atomic E-state index is 0.00106.